The fourth-order valence-electron chi connectivity index (χ4n) is 3.42. The Morgan fingerprint density at radius 3 is 2.60 bits per heavy atom. The summed E-state index contributed by atoms with van der Waals surface area (Å²) in [6.45, 7) is 7.29. The lowest BCUT2D eigenvalue weighted by Gasteiger charge is -2.38. The first-order valence-electron chi connectivity index (χ1n) is 8.33. The molecule has 1 aliphatic heterocycles. The van der Waals surface area contributed by atoms with Crippen LogP contribution in [0.15, 0.2) is 30.3 Å². The van der Waals surface area contributed by atoms with Crippen molar-refractivity contribution in [2.24, 2.45) is 11.8 Å². The molecule has 1 saturated heterocycles. The van der Waals surface area contributed by atoms with Gasteiger partial charge in [-0.25, -0.2) is 0 Å². The van der Waals surface area contributed by atoms with E-state index in [2.05, 4.69) is 47.5 Å². The first kappa shape index (κ1) is 14.1. The van der Waals surface area contributed by atoms with Gasteiger partial charge in [0.25, 0.3) is 0 Å². The number of nitrogens with one attached hydrogen (secondary N) is 1. The molecule has 1 heterocycles. The molecule has 1 saturated carbocycles. The average molecular weight is 272 g/mol. The fraction of sp³-hybridized carbons (Fsp3) is 0.667. The van der Waals surface area contributed by atoms with E-state index in [1.807, 2.05) is 0 Å². The molecule has 1 aromatic carbocycles. The SMILES string of the molecule is CCC1CC(NCc2ccccc2)CN(CC2CC2)C1. The zero-order valence-electron chi connectivity index (χ0n) is 12.7. The van der Waals surface area contributed by atoms with Crippen molar-refractivity contribution in [1.82, 2.24) is 10.2 Å². The molecule has 3 rings (SSSR count). The molecule has 1 aromatic rings. The van der Waals surface area contributed by atoms with Gasteiger partial charge in [0.15, 0.2) is 0 Å². The summed E-state index contributed by atoms with van der Waals surface area (Å²) in [5, 5.41) is 3.78. The van der Waals surface area contributed by atoms with Crippen molar-refractivity contribution in [3.05, 3.63) is 35.9 Å². The van der Waals surface area contributed by atoms with Crippen LogP contribution in [0.1, 0.15) is 38.2 Å². The predicted octanol–water partition coefficient (Wildman–Crippen LogP) is 3.29. The van der Waals surface area contributed by atoms with Crippen LogP contribution in [0.3, 0.4) is 0 Å². The highest BCUT2D eigenvalue weighted by molar-refractivity contribution is 5.14. The third-order valence-corrected chi connectivity index (χ3v) is 4.84. The summed E-state index contributed by atoms with van der Waals surface area (Å²) in [5.74, 6) is 1.90. The number of nitrogens with zero attached hydrogens (tertiary/aromatic N) is 1. The molecule has 2 aliphatic rings. The second-order valence-electron chi connectivity index (χ2n) is 6.74. The minimum Gasteiger partial charge on any atom is -0.309 e. The lowest BCUT2D eigenvalue weighted by atomic mass is 9.91. The molecule has 0 amide bonds. The quantitative estimate of drug-likeness (QED) is 0.855. The molecule has 0 bridgehead atoms. The van der Waals surface area contributed by atoms with Crippen LogP contribution in [0, 0.1) is 11.8 Å². The van der Waals surface area contributed by atoms with Gasteiger partial charge in [-0.3, -0.25) is 0 Å². The number of likely N-dealkylation sites (tertiary alicyclic amines) is 1. The number of benzene rings is 1. The summed E-state index contributed by atoms with van der Waals surface area (Å²) in [5.41, 5.74) is 1.40. The van der Waals surface area contributed by atoms with Crippen molar-refractivity contribution in [2.75, 3.05) is 19.6 Å². The van der Waals surface area contributed by atoms with Crippen molar-refractivity contribution in [1.29, 1.82) is 0 Å². The summed E-state index contributed by atoms with van der Waals surface area (Å²) in [6, 6.07) is 11.5. The maximum atomic E-state index is 3.78. The number of hydrogen-bond acceptors (Lipinski definition) is 2. The molecule has 2 nitrogen and oxygen atoms in total. The monoisotopic (exact) mass is 272 g/mol. The van der Waals surface area contributed by atoms with Gasteiger partial charge in [0.1, 0.15) is 0 Å². The summed E-state index contributed by atoms with van der Waals surface area (Å²) in [6.07, 6.45) is 5.61. The van der Waals surface area contributed by atoms with Gasteiger partial charge in [-0.2, -0.15) is 0 Å². The molecule has 110 valence electrons. The Kier molecular flexibility index (Phi) is 4.74. The summed E-state index contributed by atoms with van der Waals surface area (Å²) in [7, 11) is 0. The second kappa shape index (κ2) is 6.73. The highest BCUT2D eigenvalue weighted by atomic mass is 15.2. The standard InChI is InChI=1S/C18H28N2/c1-2-15-10-18(14-20(12-15)13-17-8-9-17)19-11-16-6-4-3-5-7-16/h3-7,15,17-19H,2,8-14H2,1H3. The number of rotatable bonds is 6. The van der Waals surface area contributed by atoms with Crippen LogP contribution in [0.5, 0.6) is 0 Å². The van der Waals surface area contributed by atoms with E-state index in [4.69, 9.17) is 0 Å². The van der Waals surface area contributed by atoms with Crippen molar-refractivity contribution in [2.45, 2.75) is 45.2 Å². The molecule has 1 aliphatic carbocycles. The summed E-state index contributed by atoms with van der Waals surface area (Å²) in [4.78, 5) is 2.72. The van der Waals surface area contributed by atoms with E-state index < -0.39 is 0 Å². The van der Waals surface area contributed by atoms with Crippen LogP contribution >= 0.6 is 0 Å². The molecule has 2 fully saturated rings. The Morgan fingerprint density at radius 1 is 1.10 bits per heavy atom. The van der Waals surface area contributed by atoms with Gasteiger partial charge in [-0.1, -0.05) is 43.7 Å². The Labute approximate surface area is 123 Å². The average Bonchev–Trinajstić information content (AvgIpc) is 3.30. The van der Waals surface area contributed by atoms with Gasteiger partial charge in [-0.05, 0) is 36.7 Å². The van der Waals surface area contributed by atoms with Gasteiger partial charge in [0.2, 0.25) is 0 Å². The maximum Gasteiger partial charge on any atom is 0.0208 e. The Hall–Kier alpha value is -0.860. The van der Waals surface area contributed by atoms with Gasteiger partial charge in [0.05, 0.1) is 0 Å². The fourth-order valence-corrected chi connectivity index (χ4v) is 3.42. The molecule has 2 atom stereocenters. The maximum absolute atomic E-state index is 3.78. The van der Waals surface area contributed by atoms with Gasteiger partial charge in [0, 0.05) is 32.2 Å². The van der Waals surface area contributed by atoms with E-state index in [1.54, 1.807) is 0 Å². The zero-order valence-corrected chi connectivity index (χ0v) is 12.7. The Balaban J connectivity index is 1.51. The van der Waals surface area contributed by atoms with Crippen LogP contribution in [0.2, 0.25) is 0 Å². The minimum absolute atomic E-state index is 0.674. The number of hydrogen-bond donors (Lipinski definition) is 1. The molecule has 0 radical (unpaired) electrons. The van der Waals surface area contributed by atoms with Crippen LogP contribution < -0.4 is 5.32 Å². The van der Waals surface area contributed by atoms with Crippen molar-refractivity contribution in [3.8, 4) is 0 Å². The summed E-state index contributed by atoms with van der Waals surface area (Å²) >= 11 is 0. The third-order valence-electron chi connectivity index (χ3n) is 4.84. The lowest BCUT2D eigenvalue weighted by molar-refractivity contribution is 0.133. The second-order valence-corrected chi connectivity index (χ2v) is 6.74. The van der Waals surface area contributed by atoms with E-state index in [0.717, 1.165) is 18.4 Å². The van der Waals surface area contributed by atoms with Crippen LogP contribution in [0.4, 0.5) is 0 Å². The van der Waals surface area contributed by atoms with E-state index in [-0.39, 0.29) is 0 Å². The lowest BCUT2D eigenvalue weighted by Crippen LogP contribution is -2.49. The molecule has 2 heteroatoms. The first-order chi connectivity index (χ1) is 9.83. The highest BCUT2D eigenvalue weighted by Crippen LogP contribution is 2.31. The Morgan fingerprint density at radius 2 is 1.90 bits per heavy atom. The molecule has 2 unspecified atom stereocenters. The first-order valence-corrected chi connectivity index (χ1v) is 8.33. The van der Waals surface area contributed by atoms with Crippen molar-refractivity contribution in [3.63, 3.8) is 0 Å². The molecule has 0 spiro atoms. The zero-order chi connectivity index (χ0) is 13.8. The molecule has 20 heavy (non-hydrogen) atoms. The molecule has 0 aromatic heterocycles. The predicted molar refractivity (Wildman–Crippen MR) is 84.6 cm³/mol. The van der Waals surface area contributed by atoms with E-state index >= 15 is 0 Å². The van der Waals surface area contributed by atoms with E-state index in [0.29, 0.717) is 6.04 Å². The normalized spacial score (nSPS) is 27.6. The van der Waals surface area contributed by atoms with Crippen molar-refractivity contribution >= 4 is 0 Å². The smallest absolute Gasteiger partial charge is 0.0208 e. The number of piperidine rings is 1. The van der Waals surface area contributed by atoms with Crippen LogP contribution in [-0.4, -0.2) is 30.6 Å². The third kappa shape index (κ3) is 4.07. The Bertz CT molecular complexity index is 399. The van der Waals surface area contributed by atoms with E-state index in [9.17, 15) is 0 Å². The molecule has 1 N–H and O–H groups in total. The molecular weight excluding hydrogens is 244 g/mol. The van der Waals surface area contributed by atoms with Crippen LogP contribution in [0.25, 0.3) is 0 Å². The van der Waals surface area contributed by atoms with Crippen LogP contribution in [-0.2, 0) is 6.54 Å². The van der Waals surface area contributed by atoms with Crippen molar-refractivity contribution < 1.29 is 0 Å². The van der Waals surface area contributed by atoms with E-state index in [1.165, 1.54) is 50.9 Å². The highest BCUT2D eigenvalue weighted by Gasteiger charge is 2.30. The summed E-state index contributed by atoms with van der Waals surface area (Å²) < 4.78 is 0. The topological polar surface area (TPSA) is 15.3 Å². The van der Waals surface area contributed by atoms with Gasteiger partial charge < -0.3 is 10.2 Å². The molecular formula is C18H28N2. The minimum atomic E-state index is 0.674. The van der Waals surface area contributed by atoms with Gasteiger partial charge >= 0.3 is 0 Å². The van der Waals surface area contributed by atoms with Gasteiger partial charge in [-0.15, -0.1) is 0 Å². The largest absolute Gasteiger partial charge is 0.309 e.